The van der Waals surface area contributed by atoms with E-state index in [1.54, 1.807) is 6.07 Å². The van der Waals surface area contributed by atoms with Crippen LogP contribution in [0.4, 0.5) is 5.82 Å². The number of rotatable bonds is 4. The molecule has 0 spiro atoms. The number of hydrogen-bond acceptors (Lipinski definition) is 8. The molecule has 1 aliphatic heterocycles. The predicted molar refractivity (Wildman–Crippen MR) is 72.7 cm³/mol. The van der Waals surface area contributed by atoms with E-state index in [0.717, 1.165) is 0 Å². The van der Waals surface area contributed by atoms with Crippen LogP contribution in [0.5, 0.6) is 0 Å². The van der Waals surface area contributed by atoms with Gasteiger partial charge in [0, 0.05) is 12.6 Å². The zero-order chi connectivity index (χ0) is 15.0. The highest BCUT2D eigenvalue weighted by molar-refractivity contribution is 5.83. The molecule has 2 aromatic heterocycles. The lowest BCUT2D eigenvalue weighted by atomic mass is 10.1. The van der Waals surface area contributed by atoms with Crippen LogP contribution in [0, 0.1) is 0 Å². The summed E-state index contributed by atoms with van der Waals surface area (Å²) in [5.41, 5.74) is 1.10. The molecule has 3 heterocycles. The van der Waals surface area contributed by atoms with Gasteiger partial charge in [-0.2, -0.15) is 0 Å². The van der Waals surface area contributed by atoms with Crippen molar-refractivity contribution < 1.29 is 24.5 Å². The van der Waals surface area contributed by atoms with Crippen molar-refractivity contribution in [2.24, 2.45) is 0 Å². The summed E-state index contributed by atoms with van der Waals surface area (Å²) < 4.78 is 10.8. The van der Waals surface area contributed by atoms with Gasteiger partial charge < -0.3 is 29.8 Å². The van der Waals surface area contributed by atoms with Crippen LogP contribution < -0.4 is 5.32 Å². The van der Waals surface area contributed by atoms with Gasteiger partial charge in [-0.25, -0.2) is 9.97 Å². The maximum Gasteiger partial charge on any atom is 0.194 e. The van der Waals surface area contributed by atoms with Gasteiger partial charge in [-0.1, -0.05) is 0 Å². The molecule has 0 radical (unpaired) electrons. The second-order valence-corrected chi connectivity index (χ2v) is 4.85. The van der Waals surface area contributed by atoms with E-state index in [4.69, 9.17) is 14.3 Å². The third-order valence-electron chi connectivity index (χ3n) is 3.46. The van der Waals surface area contributed by atoms with E-state index in [-0.39, 0.29) is 12.4 Å². The highest BCUT2D eigenvalue weighted by atomic mass is 16.6. The Hall–Kier alpha value is -1.74. The van der Waals surface area contributed by atoms with Crippen molar-refractivity contribution in [3.63, 3.8) is 0 Å². The van der Waals surface area contributed by atoms with E-state index in [9.17, 15) is 10.2 Å². The number of anilines is 1. The first-order valence-electron chi connectivity index (χ1n) is 6.77. The van der Waals surface area contributed by atoms with Crippen molar-refractivity contribution in [2.75, 3.05) is 18.5 Å². The van der Waals surface area contributed by atoms with Gasteiger partial charge in [0.05, 0.1) is 12.9 Å². The molecule has 3 rings (SSSR count). The summed E-state index contributed by atoms with van der Waals surface area (Å²) in [5.74, 6) is 0.739. The number of fused-ring (bicyclic) bond motifs is 1. The second kappa shape index (κ2) is 5.57. The Morgan fingerprint density at radius 2 is 2.10 bits per heavy atom. The van der Waals surface area contributed by atoms with Crippen LogP contribution in [0.25, 0.3) is 11.1 Å². The highest BCUT2D eigenvalue weighted by Crippen LogP contribution is 2.33. The van der Waals surface area contributed by atoms with Gasteiger partial charge >= 0.3 is 0 Å². The Morgan fingerprint density at radius 3 is 2.76 bits per heavy atom. The largest absolute Gasteiger partial charge is 0.459 e. The van der Waals surface area contributed by atoms with Crippen LogP contribution >= 0.6 is 0 Å². The number of aliphatic hydroxyl groups is 3. The number of nitrogens with zero attached hydrogens (tertiary/aromatic N) is 2. The maximum absolute atomic E-state index is 10.0. The summed E-state index contributed by atoms with van der Waals surface area (Å²) in [4.78, 5) is 8.60. The van der Waals surface area contributed by atoms with E-state index >= 15 is 0 Å². The molecule has 1 fully saturated rings. The lowest BCUT2D eigenvalue weighted by molar-refractivity contribution is -0.0251. The topological polar surface area (TPSA) is 121 Å². The quantitative estimate of drug-likeness (QED) is 0.612. The van der Waals surface area contributed by atoms with E-state index in [2.05, 4.69) is 15.3 Å². The summed E-state index contributed by atoms with van der Waals surface area (Å²) in [5, 5.41) is 32.0. The minimum atomic E-state index is -1.19. The first kappa shape index (κ1) is 14.2. The molecule has 0 saturated carbocycles. The molecule has 0 aromatic carbocycles. The fourth-order valence-corrected chi connectivity index (χ4v) is 2.41. The van der Waals surface area contributed by atoms with Crippen molar-refractivity contribution >= 4 is 16.9 Å². The molecule has 8 heteroatoms. The monoisotopic (exact) mass is 295 g/mol. The van der Waals surface area contributed by atoms with Crippen molar-refractivity contribution in [1.82, 2.24) is 9.97 Å². The van der Waals surface area contributed by atoms with Gasteiger partial charge in [0.15, 0.2) is 17.2 Å². The summed E-state index contributed by atoms with van der Waals surface area (Å²) >= 11 is 0. The minimum absolute atomic E-state index is 0.238. The predicted octanol–water partition coefficient (Wildman–Crippen LogP) is -0.191. The van der Waals surface area contributed by atoms with Crippen molar-refractivity contribution in [1.29, 1.82) is 0 Å². The third-order valence-corrected chi connectivity index (χ3v) is 3.46. The molecule has 1 unspecified atom stereocenters. The van der Waals surface area contributed by atoms with Gasteiger partial charge in [-0.05, 0) is 6.92 Å². The molecule has 1 saturated heterocycles. The van der Waals surface area contributed by atoms with Crippen LogP contribution in [-0.4, -0.2) is 56.8 Å². The first-order valence-corrected chi connectivity index (χ1v) is 6.77. The fourth-order valence-electron chi connectivity index (χ4n) is 2.41. The average Bonchev–Trinajstić information content (AvgIpc) is 3.05. The molecule has 2 aromatic rings. The standard InChI is InChI=1S/C13H17N3O5/c1-2-14-12-10-6(3-4-20-10)15-13(16-12)11-9(19)8(18)7(5-17)21-11/h3-4,7-9,11,17-19H,2,5H2,1H3,(H,14,15,16)/t7-,8-,9-,11?/m1/s1. The Balaban J connectivity index is 2.00. The molecule has 4 atom stereocenters. The number of ether oxygens (including phenoxy) is 1. The SMILES string of the molecule is CCNc1nc(C2O[C@H](CO)[C@@H](O)[C@H]2O)nc2ccoc12. The van der Waals surface area contributed by atoms with Gasteiger partial charge in [-0.3, -0.25) is 0 Å². The Kier molecular flexibility index (Phi) is 3.77. The number of hydrogen-bond donors (Lipinski definition) is 4. The maximum atomic E-state index is 10.0. The van der Waals surface area contributed by atoms with Crippen LogP contribution in [-0.2, 0) is 4.74 Å². The normalized spacial score (nSPS) is 29.1. The molecule has 21 heavy (non-hydrogen) atoms. The summed E-state index contributed by atoms with van der Waals surface area (Å²) in [7, 11) is 0. The molecule has 114 valence electrons. The van der Waals surface area contributed by atoms with E-state index in [1.807, 2.05) is 6.92 Å². The molecule has 0 amide bonds. The number of furan rings is 1. The highest BCUT2D eigenvalue weighted by Gasteiger charge is 2.44. The van der Waals surface area contributed by atoms with E-state index in [0.29, 0.717) is 23.5 Å². The van der Waals surface area contributed by atoms with Crippen LogP contribution in [0.2, 0.25) is 0 Å². The molecular formula is C13H17N3O5. The first-order chi connectivity index (χ1) is 10.2. The summed E-state index contributed by atoms with van der Waals surface area (Å²) in [6.45, 7) is 2.17. The Labute approximate surface area is 120 Å². The van der Waals surface area contributed by atoms with Gasteiger partial charge in [0.1, 0.15) is 29.9 Å². The molecular weight excluding hydrogens is 278 g/mol. The van der Waals surface area contributed by atoms with Crippen molar-refractivity contribution in [2.45, 2.75) is 31.3 Å². The molecule has 1 aliphatic rings. The number of nitrogens with one attached hydrogen (secondary N) is 1. The van der Waals surface area contributed by atoms with E-state index in [1.165, 1.54) is 6.26 Å². The Bertz CT molecular complexity index is 631. The number of aliphatic hydroxyl groups excluding tert-OH is 3. The molecule has 4 N–H and O–H groups in total. The zero-order valence-corrected chi connectivity index (χ0v) is 11.4. The van der Waals surface area contributed by atoms with Gasteiger partial charge in [-0.15, -0.1) is 0 Å². The zero-order valence-electron chi connectivity index (χ0n) is 11.4. The third kappa shape index (κ3) is 2.36. The summed E-state index contributed by atoms with van der Waals surface area (Å²) in [6.07, 6.45) is -2.61. The fraction of sp³-hybridized carbons (Fsp3) is 0.538. The molecule has 8 nitrogen and oxygen atoms in total. The van der Waals surface area contributed by atoms with E-state index < -0.39 is 24.4 Å². The summed E-state index contributed by atoms with van der Waals surface area (Å²) in [6, 6.07) is 1.68. The second-order valence-electron chi connectivity index (χ2n) is 4.85. The molecule has 0 aliphatic carbocycles. The molecule has 0 bridgehead atoms. The van der Waals surface area contributed by atoms with Crippen LogP contribution in [0.15, 0.2) is 16.7 Å². The van der Waals surface area contributed by atoms with Gasteiger partial charge in [0.2, 0.25) is 0 Å². The van der Waals surface area contributed by atoms with Crippen molar-refractivity contribution in [3.8, 4) is 0 Å². The Morgan fingerprint density at radius 1 is 1.29 bits per heavy atom. The minimum Gasteiger partial charge on any atom is -0.459 e. The smallest absolute Gasteiger partial charge is 0.194 e. The number of aromatic nitrogens is 2. The van der Waals surface area contributed by atoms with Gasteiger partial charge in [0.25, 0.3) is 0 Å². The average molecular weight is 295 g/mol. The van der Waals surface area contributed by atoms with Crippen LogP contribution in [0.1, 0.15) is 18.9 Å². The van der Waals surface area contributed by atoms with Crippen LogP contribution in [0.3, 0.4) is 0 Å². The van der Waals surface area contributed by atoms with Crippen molar-refractivity contribution in [3.05, 3.63) is 18.2 Å². The lowest BCUT2D eigenvalue weighted by Gasteiger charge is -2.14. The lowest BCUT2D eigenvalue weighted by Crippen LogP contribution is -2.32.